The van der Waals surface area contributed by atoms with E-state index in [1.165, 1.54) is 17.7 Å². The Morgan fingerprint density at radius 3 is 2.23 bits per heavy atom. The van der Waals surface area contributed by atoms with Gasteiger partial charge in [-0.25, -0.2) is 4.98 Å². The third-order valence-corrected chi connectivity index (χ3v) is 7.20. The Labute approximate surface area is 241 Å². The lowest BCUT2D eigenvalue weighted by Gasteiger charge is -2.10. The summed E-state index contributed by atoms with van der Waals surface area (Å²) in [5.74, 6) is -0.432. The van der Waals surface area contributed by atoms with Crippen LogP contribution in [0.4, 0.5) is 11.4 Å². The standard InChI is InChI=1S/C31H26Cl2N4O3/c1-2-3-4-18-5-11-21(12-6-18)34-31(40)23-14-13-22(15-28(23)38)35-30(39)20-9-7-19(8-10-20)29-36-26-16-24(32)25(33)17-27(26)37-29/h5-17,38H,2-4H2,1H3,(H,34,40)(H,35,39)(H,36,37). The number of imidazole rings is 1. The number of H-pyrrole nitrogens is 1. The van der Waals surface area contributed by atoms with Gasteiger partial charge in [0.15, 0.2) is 0 Å². The van der Waals surface area contributed by atoms with Crippen molar-refractivity contribution < 1.29 is 14.7 Å². The summed E-state index contributed by atoms with van der Waals surface area (Å²) in [6, 6.07) is 22.4. The second-order valence-corrected chi connectivity index (χ2v) is 10.2. The molecule has 5 rings (SSSR count). The zero-order valence-electron chi connectivity index (χ0n) is 21.6. The maximum absolute atomic E-state index is 12.8. The first-order valence-electron chi connectivity index (χ1n) is 12.8. The number of aromatic amines is 1. The number of phenolic OH excluding ortho intramolecular Hbond substituents is 1. The van der Waals surface area contributed by atoms with E-state index >= 15 is 0 Å². The molecule has 7 nitrogen and oxygen atoms in total. The SMILES string of the molecule is CCCCc1ccc(NC(=O)c2ccc(NC(=O)c3ccc(-c4nc5cc(Cl)c(Cl)cc5[nH]4)cc3)cc2O)cc1. The van der Waals surface area contributed by atoms with E-state index in [0.29, 0.717) is 38.3 Å². The molecule has 0 saturated heterocycles. The van der Waals surface area contributed by atoms with Gasteiger partial charge in [0.2, 0.25) is 0 Å². The van der Waals surface area contributed by atoms with E-state index in [2.05, 4.69) is 27.5 Å². The van der Waals surface area contributed by atoms with Crippen LogP contribution in [0.3, 0.4) is 0 Å². The fourth-order valence-corrected chi connectivity index (χ4v) is 4.58. The fourth-order valence-electron chi connectivity index (χ4n) is 4.26. The summed E-state index contributed by atoms with van der Waals surface area (Å²) >= 11 is 12.2. The predicted octanol–water partition coefficient (Wildman–Crippen LogP) is 8.09. The summed E-state index contributed by atoms with van der Waals surface area (Å²) in [5, 5.41) is 16.9. The van der Waals surface area contributed by atoms with Gasteiger partial charge in [0.05, 0.1) is 26.6 Å². The second kappa shape index (κ2) is 11.8. The summed E-state index contributed by atoms with van der Waals surface area (Å²) < 4.78 is 0. The van der Waals surface area contributed by atoms with Gasteiger partial charge in [-0.3, -0.25) is 9.59 Å². The van der Waals surface area contributed by atoms with Crippen molar-refractivity contribution in [3.63, 3.8) is 0 Å². The maximum atomic E-state index is 12.8. The Morgan fingerprint density at radius 1 is 0.850 bits per heavy atom. The third kappa shape index (κ3) is 6.11. The highest BCUT2D eigenvalue weighted by Gasteiger charge is 2.15. The van der Waals surface area contributed by atoms with Crippen LogP contribution in [0.25, 0.3) is 22.4 Å². The van der Waals surface area contributed by atoms with Gasteiger partial charge in [-0.1, -0.05) is 60.8 Å². The number of phenols is 1. The van der Waals surface area contributed by atoms with Crippen LogP contribution < -0.4 is 10.6 Å². The summed E-state index contributed by atoms with van der Waals surface area (Å²) in [6.07, 6.45) is 3.23. The molecule has 0 spiro atoms. The Bertz CT molecular complexity index is 1660. The van der Waals surface area contributed by atoms with Crippen molar-refractivity contribution in [2.24, 2.45) is 0 Å². The molecule has 2 amide bonds. The van der Waals surface area contributed by atoms with E-state index in [1.807, 2.05) is 24.3 Å². The average molecular weight is 573 g/mol. The predicted molar refractivity (Wildman–Crippen MR) is 161 cm³/mol. The number of hydrogen-bond acceptors (Lipinski definition) is 4. The first-order chi connectivity index (χ1) is 19.3. The highest BCUT2D eigenvalue weighted by Crippen LogP contribution is 2.29. The number of hydrogen-bond donors (Lipinski definition) is 4. The molecular weight excluding hydrogens is 547 g/mol. The molecular formula is C31H26Cl2N4O3. The highest BCUT2D eigenvalue weighted by molar-refractivity contribution is 6.42. The van der Waals surface area contributed by atoms with E-state index in [0.717, 1.165) is 30.3 Å². The number of unbranched alkanes of at least 4 members (excludes halogenated alkanes) is 1. The molecule has 0 saturated carbocycles. The molecule has 0 radical (unpaired) electrons. The lowest BCUT2D eigenvalue weighted by molar-refractivity contribution is 0.101. The second-order valence-electron chi connectivity index (χ2n) is 9.39. The molecule has 0 atom stereocenters. The van der Waals surface area contributed by atoms with Crippen molar-refractivity contribution in [2.75, 3.05) is 10.6 Å². The van der Waals surface area contributed by atoms with Gasteiger partial charge in [-0.15, -0.1) is 0 Å². The van der Waals surface area contributed by atoms with Gasteiger partial charge < -0.3 is 20.7 Å². The van der Waals surface area contributed by atoms with Crippen molar-refractivity contribution in [3.05, 3.63) is 106 Å². The average Bonchev–Trinajstić information content (AvgIpc) is 3.35. The van der Waals surface area contributed by atoms with Gasteiger partial charge in [0.1, 0.15) is 11.6 Å². The van der Waals surface area contributed by atoms with Gasteiger partial charge >= 0.3 is 0 Å². The number of aromatic nitrogens is 2. The Morgan fingerprint density at radius 2 is 1.52 bits per heavy atom. The molecule has 0 unspecified atom stereocenters. The number of aryl methyl sites for hydroxylation is 1. The summed E-state index contributed by atoms with van der Waals surface area (Å²) in [4.78, 5) is 33.3. The molecule has 40 heavy (non-hydrogen) atoms. The van der Waals surface area contributed by atoms with E-state index in [4.69, 9.17) is 23.2 Å². The van der Waals surface area contributed by atoms with E-state index < -0.39 is 5.91 Å². The van der Waals surface area contributed by atoms with Gasteiger partial charge in [0, 0.05) is 28.6 Å². The van der Waals surface area contributed by atoms with E-state index in [-0.39, 0.29) is 17.2 Å². The van der Waals surface area contributed by atoms with Crippen LogP contribution in [-0.2, 0) is 6.42 Å². The van der Waals surface area contributed by atoms with Crippen molar-refractivity contribution in [1.29, 1.82) is 0 Å². The summed E-state index contributed by atoms with van der Waals surface area (Å²) in [7, 11) is 0. The van der Waals surface area contributed by atoms with Crippen LogP contribution in [0.15, 0.2) is 78.9 Å². The number of benzene rings is 4. The van der Waals surface area contributed by atoms with Gasteiger partial charge in [-0.05, 0) is 66.9 Å². The van der Waals surface area contributed by atoms with Gasteiger partial charge in [-0.2, -0.15) is 0 Å². The molecule has 4 aromatic carbocycles. The first-order valence-corrected chi connectivity index (χ1v) is 13.6. The monoisotopic (exact) mass is 572 g/mol. The third-order valence-electron chi connectivity index (χ3n) is 6.48. The zero-order valence-corrected chi connectivity index (χ0v) is 23.1. The molecule has 1 aromatic heterocycles. The molecule has 0 aliphatic rings. The number of carbonyl (C=O) groups is 2. The molecule has 0 fully saturated rings. The number of nitrogens with one attached hydrogen (secondary N) is 3. The zero-order chi connectivity index (χ0) is 28.2. The van der Waals surface area contributed by atoms with Crippen LogP contribution in [0.1, 0.15) is 46.0 Å². The lowest BCUT2D eigenvalue weighted by atomic mass is 10.1. The van der Waals surface area contributed by atoms with Crippen molar-refractivity contribution in [1.82, 2.24) is 9.97 Å². The number of aromatic hydroxyl groups is 1. The molecule has 4 N–H and O–H groups in total. The lowest BCUT2D eigenvalue weighted by Crippen LogP contribution is -2.14. The molecule has 5 aromatic rings. The number of halogens is 2. The van der Waals surface area contributed by atoms with Crippen molar-refractivity contribution in [2.45, 2.75) is 26.2 Å². The maximum Gasteiger partial charge on any atom is 0.259 e. The van der Waals surface area contributed by atoms with Crippen LogP contribution in [-0.4, -0.2) is 26.9 Å². The van der Waals surface area contributed by atoms with Crippen LogP contribution in [0, 0.1) is 0 Å². The molecule has 0 aliphatic heterocycles. The molecule has 1 heterocycles. The Balaban J connectivity index is 1.23. The van der Waals surface area contributed by atoms with E-state index in [1.54, 1.807) is 42.5 Å². The quantitative estimate of drug-likeness (QED) is 0.151. The number of nitrogens with zero attached hydrogens (tertiary/aromatic N) is 1. The molecule has 202 valence electrons. The van der Waals surface area contributed by atoms with Crippen molar-refractivity contribution >= 4 is 57.4 Å². The first kappa shape index (κ1) is 27.2. The number of carbonyl (C=O) groups excluding carboxylic acids is 2. The Kier molecular flexibility index (Phi) is 8.05. The largest absolute Gasteiger partial charge is 0.507 e. The van der Waals surface area contributed by atoms with Crippen LogP contribution in [0.5, 0.6) is 5.75 Å². The highest BCUT2D eigenvalue weighted by atomic mass is 35.5. The van der Waals surface area contributed by atoms with Crippen molar-refractivity contribution in [3.8, 4) is 17.1 Å². The topological polar surface area (TPSA) is 107 Å². The minimum absolute atomic E-state index is 0.103. The smallest absolute Gasteiger partial charge is 0.259 e. The number of amides is 2. The molecule has 9 heteroatoms. The van der Waals surface area contributed by atoms with E-state index in [9.17, 15) is 14.7 Å². The van der Waals surface area contributed by atoms with Gasteiger partial charge in [0.25, 0.3) is 11.8 Å². The van der Waals surface area contributed by atoms with Crippen LogP contribution >= 0.6 is 23.2 Å². The Hall–Kier alpha value is -4.33. The number of anilines is 2. The fraction of sp³-hybridized carbons (Fsp3) is 0.129. The summed E-state index contributed by atoms with van der Waals surface area (Å²) in [6.45, 7) is 2.15. The normalized spacial score (nSPS) is 11.0. The summed E-state index contributed by atoms with van der Waals surface area (Å²) in [5.41, 5.74) is 4.94. The molecule has 0 bridgehead atoms. The number of rotatable bonds is 8. The minimum atomic E-state index is -0.442. The molecule has 0 aliphatic carbocycles. The minimum Gasteiger partial charge on any atom is -0.507 e. The van der Waals surface area contributed by atoms with Crippen LogP contribution in [0.2, 0.25) is 10.0 Å². The number of fused-ring (bicyclic) bond motifs is 1.